The number of carbonyl (C=O) groups excluding carboxylic acids is 1. The zero-order valence-corrected chi connectivity index (χ0v) is 18.0. The lowest BCUT2D eigenvalue weighted by Gasteiger charge is -2.34. The Hall–Kier alpha value is -2.59. The van der Waals surface area contributed by atoms with Crippen LogP contribution >= 0.6 is 0 Å². The number of alkyl halides is 3. The predicted molar refractivity (Wildman–Crippen MR) is 109 cm³/mol. The number of rotatable bonds is 5. The molecule has 0 unspecified atom stereocenters. The first-order valence-electron chi connectivity index (χ1n) is 9.64. The van der Waals surface area contributed by atoms with E-state index in [1.807, 2.05) is 13.8 Å². The van der Waals surface area contributed by atoms with E-state index in [4.69, 9.17) is 0 Å². The number of carbonyl (C=O) groups is 1. The van der Waals surface area contributed by atoms with Crippen molar-refractivity contribution in [3.05, 3.63) is 59.2 Å². The Morgan fingerprint density at radius 2 is 1.58 bits per heavy atom. The van der Waals surface area contributed by atoms with Gasteiger partial charge < -0.3 is 9.64 Å². The minimum Gasteiger partial charge on any atom is -0.484 e. The molecule has 0 spiro atoms. The van der Waals surface area contributed by atoms with Crippen LogP contribution in [0.25, 0.3) is 0 Å². The number of halogens is 3. The summed E-state index contributed by atoms with van der Waals surface area (Å²) in [4.78, 5) is 14.4. The lowest BCUT2D eigenvalue weighted by atomic mass is 10.1. The highest BCUT2D eigenvalue weighted by molar-refractivity contribution is 7.89. The van der Waals surface area contributed by atoms with Crippen molar-refractivity contribution < 1.29 is 31.1 Å². The molecular formula is C21H23F3N2O4S. The molecule has 168 valence electrons. The van der Waals surface area contributed by atoms with Gasteiger partial charge in [0.1, 0.15) is 5.75 Å². The number of amides is 1. The molecule has 0 bridgehead atoms. The molecule has 0 aliphatic carbocycles. The summed E-state index contributed by atoms with van der Waals surface area (Å²) >= 11 is 0. The highest BCUT2D eigenvalue weighted by Crippen LogP contribution is 2.22. The first-order valence-corrected chi connectivity index (χ1v) is 11.1. The fourth-order valence-corrected chi connectivity index (χ4v) is 4.70. The fraction of sp³-hybridized carbons (Fsp3) is 0.381. The first kappa shape index (κ1) is 23.1. The molecule has 1 aliphatic rings. The van der Waals surface area contributed by atoms with Crippen LogP contribution in [0.1, 0.15) is 21.5 Å². The van der Waals surface area contributed by atoms with E-state index in [0.29, 0.717) is 5.56 Å². The van der Waals surface area contributed by atoms with Crippen LogP contribution in [0.5, 0.6) is 5.75 Å². The topological polar surface area (TPSA) is 66.9 Å². The maximum absolute atomic E-state index is 12.9. The van der Waals surface area contributed by atoms with Crippen LogP contribution in [0.4, 0.5) is 13.2 Å². The van der Waals surface area contributed by atoms with Crippen molar-refractivity contribution in [2.24, 2.45) is 0 Å². The molecule has 6 nitrogen and oxygen atoms in total. The van der Waals surface area contributed by atoms with Crippen molar-refractivity contribution in [1.29, 1.82) is 0 Å². The molecule has 1 saturated heterocycles. The summed E-state index contributed by atoms with van der Waals surface area (Å²) in [6.45, 7) is 3.11. The maximum Gasteiger partial charge on any atom is 0.422 e. The molecule has 2 aromatic carbocycles. The van der Waals surface area contributed by atoms with Gasteiger partial charge in [0.2, 0.25) is 10.0 Å². The van der Waals surface area contributed by atoms with Gasteiger partial charge in [0.05, 0.1) is 4.90 Å². The van der Waals surface area contributed by atoms with E-state index < -0.39 is 22.8 Å². The Bertz CT molecular complexity index is 1050. The monoisotopic (exact) mass is 456 g/mol. The molecule has 1 aliphatic heterocycles. The van der Waals surface area contributed by atoms with Crippen LogP contribution in [0.3, 0.4) is 0 Å². The van der Waals surface area contributed by atoms with Crippen LogP contribution in [0, 0.1) is 13.8 Å². The normalized spacial score (nSPS) is 15.7. The lowest BCUT2D eigenvalue weighted by molar-refractivity contribution is -0.153. The zero-order valence-electron chi connectivity index (χ0n) is 17.1. The third-order valence-electron chi connectivity index (χ3n) is 5.15. The predicted octanol–water partition coefficient (Wildman–Crippen LogP) is 3.39. The number of hydrogen-bond donors (Lipinski definition) is 0. The van der Waals surface area contributed by atoms with Crippen LogP contribution in [-0.4, -0.2) is 62.5 Å². The number of nitrogens with zero attached hydrogens (tertiary/aromatic N) is 2. The summed E-state index contributed by atoms with van der Waals surface area (Å²) in [5, 5.41) is 0. The van der Waals surface area contributed by atoms with E-state index in [1.165, 1.54) is 33.5 Å². The van der Waals surface area contributed by atoms with Gasteiger partial charge >= 0.3 is 6.18 Å². The molecule has 0 atom stereocenters. The molecule has 0 radical (unpaired) electrons. The Balaban J connectivity index is 1.61. The first-order chi connectivity index (χ1) is 14.5. The largest absolute Gasteiger partial charge is 0.484 e. The number of ether oxygens (including phenoxy) is 1. The van der Waals surface area contributed by atoms with E-state index in [9.17, 15) is 26.4 Å². The number of aryl methyl sites for hydroxylation is 2. The van der Waals surface area contributed by atoms with E-state index in [2.05, 4.69) is 4.74 Å². The summed E-state index contributed by atoms with van der Waals surface area (Å²) in [6, 6.07) is 10.4. The Morgan fingerprint density at radius 1 is 0.968 bits per heavy atom. The van der Waals surface area contributed by atoms with Gasteiger partial charge in [-0.15, -0.1) is 0 Å². The summed E-state index contributed by atoms with van der Waals surface area (Å²) in [5.74, 6) is -0.302. The maximum atomic E-state index is 12.9. The van der Waals surface area contributed by atoms with Gasteiger partial charge in [-0.1, -0.05) is 6.07 Å². The second-order valence-corrected chi connectivity index (χ2v) is 9.31. The zero-order chi connectivity index (χ0) is 22.8. The molecule has 1 heterocycles. The van der Waals surface area contributed by atoms with Gasteiger partial charge in [0.25, 0.3) is 5.91 Å². The van der Waals surface area contributed by atoms with Crippen molar-refractivity contribution in [2.45, 2.75) is 24.9 Å². The van der Waals surface area contributed by atoms with Crippen LogP contribution in [-0.2, 0) is 10.0 Å². The molecule has 31 heavy (non-hydrogen) atoms. The molecule has 2 aromatic rings. The molecule has 0 saturated carbocycles. The Morgan fingerprint density at radius 3 is 2.13 bits per heavy atom. The SMILES string of the molecule is Cc1ccc(S(=O)(=O)N2CCN(C(=O)c3ccc(OCC(F)(F)F)cc3)CC2)cc1C. The van der Waals surface area contributed by atoms with Crippen molar-refractivity contribution in [3.63, 3.8) is 0 Å². The standard InChI is InChI=1S/C21H23F3N2O4S/c1-15-3-8-19(13-16(15)2)31(28,29)26-11-9-25(10-12-26)20(27)17-4-6-18(7-5-17)30-14-21(22,23)24/h3-8,13H,9-12,14H2,1-2H3. The molecule has 3 rings (SSSR count). The molecule has 0 aromatic heterocycles. The third-order valence-corrected chi connectivity index (χ3v) is 7.04. The van der Waals surface area contributed by atoms with Gasteiger partial charge in [-0.25, -0.2) is 8.42 Å². The van der Waals surface area contributed by atoms with E-state index in [1.54, 1.807) is 18.2 Å². The smallest absolute Gasteiger partial charge is 0.422 e. The summed E-state index contributed by atoms with van der Waals surface area (Å²) in [7, 11) is -3.65. The summed E-state index contributed by atoms with van der Waals surface area (Å²) in [5.41, 5.74) is 2.19. The minimum atomic E-state index is -4.44. The van der Waals surface area contributed by atoms with Gasteiger partial charge in [-0.05, 0) is 61.4 Å². The highest BCUT2D eigenvalue weighted by atomic mass is 32.2. The van der Waals surface area contributed by atoms with Crippen molar-refractivity contribution >= 4 is 15.9 Å². The fourth-order valence-electron chi connectivity index (χ4n) is 3.20. The van der Waals surface area contributed by atoms with Crippen molar-refractivity contribution in [3.8, 4) is 5.75 Å². The van der Waals surface area contributed by atoms with E-state index >= 15 is 0 Å². The van der Waals surface area contributed by atoms with Gasteiger partial charge in [0, 0.05) is 31.7 Å². The average molecular weight is 456 g/mol. The van der Waals surface area contributed by atoms with Crippen LogP contribution in [0.15, 0.2) is 47.4 Å². The number of sulfonamides is 1. The highest BCUT2D eigenvalue weighted by Gasteiger charge is 2.31. The van der Waals surface area contributed by atoms with Gasteiger partial charge in [-0.2, -0.15) is 17.5 Å². The number of piperazine rings is 1. The molecule has 1 fully saturated rings. The Labute approximate surface area is 179 Å². The second-order valence-electron chi connectivity index (χ2n) is 7.37. The molecule has 10 heteroatoms. The minimum absolute atomic E-state index is 0.0122. The van der Waals surface area contributed by atoms with Gasteiger partial charge in [0.15, 0.2) is 6.61 Å². The Kier molecular flexibility index (Phi) is 6.61. The lowest BCUT2D eigenvalue weighted by Crippen LogP contribution is -2.50. The summed E-state index contributed by atoms with van der Waals surface area (Å²) < 4.78 is 68.4. The molecular weight excluding hydrogens is 433 g/mol. The van der Waals surface area contributed by atoms with Crippen LogP contribution in [0.2, 0.25) is 0 Å². The van der Waals surface area contributed by atoms with Gasteiger partial charge in [-0.3, -0.25) is 4.79 Å². The van der Waals surface area contributed by atoms with E-state index in [0.717, 1.165) is 11.1 Å². The number of hydrogen-bond acceptors (Lipinski definition) is 4. The quantitative estimate of drug-likeness (QED) is 0.692. The second kappa shape index (κ2) is 8.88. The summed E-state index contributed by atoms with van der Waals surface area (Å²) in [6.07, 6.45) is -4.44. The van der Waals surface area contributed by atoms with E-state index in [-0.39, 0.29) is 42.7 Å². The number of benzene rings is 2. The van der Waals surface area contributed by atoms with Crippen LogP contribution < -0.4 is 4.74 Å². The van der Waals surface area contributed by atoms with Crippen molar-refractivity contribution in [2.75, 3.05) is 32.8 Å². The molecule has 0 N–H and O–H groups in total. The average Bonchev–Trinajstić information content (AvgIpc) is 2.73. The van der Waals surface area contributed by atoms with Crippen molar-refractivity contribution in [1.82, 2.24) is 9.21 Å². The molecule has 1 amide bonds. The third kappa shape index (κ3) is 5.56.